The maximum atomic E-state index is 12.2. The van der Waals surface area contributed by atoms with Crippen molar-refractivity contribution in [3.63, 3.8) is 0 Å². The molecule has 1 saturated heterocycles. The van der Waals surface area contributed by atoms with E-state index < -0.39 is 0 Å². The fourth-order valence-electron chi connectivity index (χ4n) is 3.02. The average Bonchev–Trinajstić information content (AvgIpc) is 2.57. The molecule has 1 atom stereocenters. The lowest BCUT2D eigenvalue weighted by atomic mass is 10.0. The monoisotopic (exact) mass is 328 g/mol. The predicted octanol–water partition coefficient (Wildman–Crippen LogP) is 4.97. The van der Waals surface area contributed by atoms with E-state index in [0.29, 0.717) is 16.6 Å². The zero-order valence-corrected chi connectivity index (χ0v) is 14.0. The Kier molecular flexibility index (Phi) is 4.87. The Bertz CT molecular complexity index is 667. The van der Waals surface area contributed by atoms with Crippen molar-refractivity contribution in [2.24, 2.45) is 0 Å². The van der Waals surface area contributed by atoms with E-state index in [2.05, 4.69) is 29.3 Å². The molecular formula is C19H21ClN2O. The minimum Gasteiger partial charge on any atom is -0.369 e. The maximum Gasteiger partial charge on any atom is 0.255 e. The third-order valence-corrected chi connectivity index (χ3v) is 4.62. The average molecular weight is 329 g/mol. The maximum absolute atomic E-state index is 12.2. The van der Waals surface area contributed by atoms with Gasteiger partial charge >= 0.3 is 0 Å². The second kappa shape index (κ2) is 7.05. The van der Waals surface area contributed by atoms with Crippen LogP contribution >= 0.6 is 11.6 Å². The summed E-state index contributed by atoms with van der Waals surface area (Å²) in [4.78, 5) is 14.6. The van der Waals surface area contributed by atoms with Gasteiger partial charge in [-0.05, 0) is 74.7 Å². The SMILES string of the molecule is C[C@H]1CCCCN1c1ccc(NC(=O)c2ccc(Cl)cc2)cc1. The number of piperidine rings is 1. The van der Waals surface area contributed by atoms with E-state index in [4.69, 9.17) is 11.6 Å². The molecule has 2 aromatic rings. The van der Waals surface area contributed by atoms with Gasteiger partial charge in [0.15, 0.2) is 0 Å². The number of nitrogens with one attached hydrogen (secondary N) is 1. The number of carbonyl (C=O) groups is 1. The van der Waals surface area contributed by atoms with Gasteiger partial charge in [0.2, 0.25) is 0 Å². The summed E-state index contributed by atoms with van der Waals surface area (Å²) in [5.41, 5.74) is 2.63. The lowest BCUT2D eigenvalue weighted by Crippen LogP contribution is -2.37. The van der Waals surface area contributed by atoms with Crippen LogP contribution in [0.3, 0.4) is 0 Å². The number of rotatable bonds is 3. The number of anilines is 2. The fourth-order valence-corrected chi connectivity index (χ4v) is 3.15. The van der Waals surface area contributed by atoms with Crippen molar-refractivity contribution in [2.75, 3.05) is 16.8 Å². The van der Waals surface area contributed by atoms with E-state index in [1.807, 2.05) is 12.1 Å². The second-order valence-electron chi connectivity index (χ2n) is 6.05. The highest BCUT2D eigenvalue weighted by atomic mass is 35.5. The summed E-state index contributed by atoms with van der Waals surface area (Å²) in [5, 5.41) is 3.54. The largest absolute Gasteiger partial charge is 0.369 e. The fraction of sp³-hybridized carbons (Fsp3) is 0.316. The van der Waals surface area contributed by atoms with Crippen molar-refractivity contribution >= 4 is 28.9 Å². The number of benzene rings is 2. The molecule has 23 heavy (non-hydrogen) atoms. The highest BCUT2D eigenvalue weighted by Crippen LogP contribution is 2.26. The first-order valence-electron chi connectivity index (χ1n) is 8.07. The molecule has 0 bridgehead atoms. The summed E-state index contributed by atoms with van der Waals surface area (Å²) in [6.07, 6.45) is 3.81. The third-order valence-electron chi connectivity index (χ3n) is 4.37. The molecule has 1 amide bonds. The van der Waals surface area contributed by atoms with Crippen molar-refractivity contribution in [3.8, 4) is 0 Å². The Hall–Kier alpha value is -2.00. The van der Waals surface area contributed by atoms with Crippen LogP contribution in [0.15, 0.2) is 48.5 Å². The summed E-state index contributed by atoms with van der Waals surface area (Å²) in [7, 11) is 0. The molecule has 3 rings (SSSR count). The molecule has 1 N–H and O–H groups in total. The molecule has 1 aliphatic heterocycles. The van der Waals surface area contributed by atoms with Gasteiger partial charge in [-0.2, -0.15) is 0 Å². The zero-order valence-electron chi connectivity index (χ0n) is 13.3. The number of hydrogen-bond acceptors (Lipinski definition) is 2. The van der Waals surface area contributed by atoms with Crippen LogP contribution in [-0.2, 0) is 0 Å². The molecule has 1 fully saturated rings. The first kappa shape index (κ1) is 15.9. The molecule has 1 aliphatic rings. The number of nitrogens with zero attached hydrogens (tertiary/aromatic N) is 1. The molecule has 0 aromatic heterocycles. The molecule has 3 nitrogen and oxygen atoms in total. The van der Waals surface area contributed by atoms with Crippen molar-refractivity contribution in [1.82, 2.24) is 0 Å². The minimum atomic E-state index is -0.124. The van der Waals surface area contributed by atoms with Crippen molar-refractivity contribution in [2.45, 2.75) is 32.2 Å². The van der Waals surface area contributed by atoms with E-state index in [1.54, 1.807) is 24.3 Å². The molecule has 0 unspecified atom stereocenters. The van der Waals surface area contributed by atoms with Gasteiger partial charge in [0.25, 0.3) is 5.91 Å². The van der Waals surface area contributed by atoms with Gasteiger partial charge in [-0.3, -0.25) is 4.79 Å². The summed E-state index contributed by atoms with van der Waals surface area (Å²) < 4.78 is 0. The molecule has 1 heterocycles. The van der Waals surface area contributed by atoms with Crippen LogP contribution in [0.5, 0.6) is 0 Å². The van der Waals surface area contributed by atoms with E-state index >= 15 is 0 Å². The minimum absolute atomic E-state index is 0.124. The first-order chi connectivity index (χ1) is 11.1. The first-order valence-corrected chi connectivity index (χ1v) is 8.45. The Morgan fingerprint density at radius 3 is 2.43 bits per heavy atom. The van der Waals surface area contributed by atoms with Gasteiger partial charge in [0, 0.05) is 34.5 Å². The topological polar surface area (TPSA) is 32.3 Å². The molecular weight excluding hydrogens is 308 g/mol. The molecule has 0 spiro atoms. The normalized spacial score (nSPS) is 17.8. The lowest BCUT2D eigenvalue weighted by Gasteiger charge is -2.35. The summed E-state index contributed by atoms with van der Waals surface area (Å²) in [5.74, 6) is -0.124. The Morgan fingerprint density at radius 1 is 1.09 bits per heavy atom. The van der Waals surface area contributed by atoms with Crippen molar-refractivity contribution in [1.29, 1.82) is 0 Å². The van der Waals surface area contributed by atoms with E-state index in [9.17, 15) is 4.79 Å². The number of halogens is 1. The van der Waals surface area contributed by atoms with Crippen LogP contribution < -0.4 is 10.2 Å². The van der Waals surface area contributed by atoms with E-state index in [-0.39, 0.29) is 5.91 Å². The molecule has 0 saturated carbocycles. The van der Waals surface area contributed by atoms with Crippen molar-refractivity contribution < 1.29 is 4.79 Å². The second-order valence-corrected chi connectivity index (χ2v) is 6.48. The lowest BCUT2D eigenvalue weighted by molar-refractivity contribution is 0.102. The van der Waals surface area contributed by atoms with Crippen LogP contribution in [0, 0.1) is 0 Å². The molecule has 4 heteroatoms. The molecule has 0 radical (unpaired) electrons. The molecule has 2 aromatic carbocycles. The smallest absolute Gasteiger partial charge is 0.255 e. The molecule has 120 valence electrons. The van der Waals surface area contributed by atoms with E-state index in [1.165, 1.54) is 24.9 Å². The van der Waals surface area contributed by atoms with Crippen LogP contribution in [0.25, 0.3) is 0 Å². The summed E-state index contributed by atoms with van der Waals surface area (Å²) in [6.45, 7) is 3.38. The van der Waals surface area contributed by atoms with Gasteiger partial charge < -0.3 is 10.2 Å². The van der Waals surface area contributed by atoms with Crippen LogP contribution in [0.1, 0.15) is 36.5 Å². The standard InChI is InChI=1S/C19H21ClN2O/c1-14-4-2-3-13-22(14)18-11-9-17(10-12-18)21-19(23)15-5-7-16(20)8-6-15/h5-12,14H,2-4,13H2,1H3,(H,21,23)/t14-/m0/s1. The molecule has 0 aliphatic carbocycles. The van der Waals surface area contributed by atoms with E-state index in [0.717, 1.165) is 12.2 Å². The number of carbonyl (C=O) groups excluding carboxylic acids is 1. The third kappa shape index (κ3) is 3.85. The quantitative estimate of drug-likeness (QED) is 0.862. The van der Waals surface area contributed by atoms with Gasteiger partial charge in [-0.15, -0.1) is 0 Å². The van der Waals surface area contributed by atoms with Gasteiger partial charge in [-0.1, -0.05) is 11.6 Å². The Morgan fingerprint density at radius 2 is 1.78 bits per heavy atom. The summed E-state index contributed by atoms with van der Waals surface area (Å²) in [6, 6.07) is 15.6. The van der Waals surface area contributed by atoms with Crippen molar-refractivity contribution in [3.05, 3.63) is 59.1 Å². The summed E-state index contributed by atoms with van der Waals surface area (Å²) >= 11 is 5.84. The van der Waals surface area contributed by atoms with Gasteiger partial charge in [0.1, 0.15) is 0 Å². The number of hydrogen-bond donors (Lipinski definition) is 1. The highest BCUT2D eigenvalue weighted by molar-refractivity contribution is 6.30. The Labute approximate surface area is 142 Å². The van der Waals surface area contributed by atoms with Gasteiger partial charge in [0.05, 0.1) is 0 Å². The Balaban J connectivity index is 1.67. The van der Waals surface area contributed by atoms with Crippen LogP contribution in [0.2, 0.25) is 5.02 Å². The zero-order chi connectivity index (χ0) is 16.2. The van der Waals surface area contributed by atoms with Crippen LogP contribution in [0.4, 0.5) is 11.4 Å². The van der Waals surface area contributed by atoms with Gasteiger partial charge in [-0.25, -0.2) is 0 Å². The van der Waals surface area contributed by atoms with Crippen LogP contribution in [-0.4, -0.2) is 18.5 Å². The predicted molar refractivity (Wildman–Crippen MR) is 96.5 cm³/mol. The highest BCUT2D eigenvalue weighted by Gasteiger charge is 2.18. The number of amides is 1.